The van der Waals surface area contributed by atoms with Crippen molar-refractivity contribution in [3.8, 4) is 0 Å². The minimum absolute atomic E-state index is 0.142. The summed E-state index contributed by atoms with van der Waals surface area (Å²) in [6.07, 6.45) is 0.341. The highest BCUT2D eigenvalue weighted by Crippen LogP contribution is 2.14. The quantitative estimate of drug-likeness (QED) is 0.668. The van der Waals surface area contributed by atoms with Gasteiger partial charge in [0.2, 0.25) is 5.91 Å². The molecule has 1 amide bonds. The second kappa shape index (κ2) is 8.04. The average molecular weight is 303 g/mol. The van der Waals surface area contributed by atoms with Gasteiger partial charge in [-0.3, -0.25) is 9.59 Å². The van der Waals surface area contributed by atoms with Crippen molar-refractivity contribution in [1.82, 2.24) is 0 Å². The van der Waals surface area contributed by atoms with Crippen LogP contribution in [0.2, 0.25) is 5.02 Å². The van der Waals surface area contributed by atoms with Crippen LogP contribution in [0.25, 0.3) is 0 Å². The number of thioether (sulfide) groups is 1. The molecular formula is C12H15ClN2O3S. The highest BCUT2D eigenvalue weighted by atomic mass is 35.5. The molecule has 0 radical (unpaired) electrons. The lowest BCUT2D eigenvalue weighted by Gasteiger charge is -2.07. The lowest BCUT2D eigenvalue weighted by Crippen LogP contribution is -2.30. The van der Waals surface area contributed by atoms with Gasteiger partial charge in [0.1, 0.15) is 6.04 Å². The van der Waals surface area contributed by atoms with Crippen molar-refractivity contribution in [2.24, 2.45) is 5.73 Å². The van der Waals surface area contributed by atoms with E-state index in [9.17, 15) is 9.59 Å². The van der Waals surface area contributed by atoms with Crippen LogP contribution in [0.1, 0.15) is 6.42 Å². The number of nitrogens with two attached hydrogens (primary N) is 1. The van der Waals surface area contributed by atoms with Gasteiger partial charge in [0.15, 0.2) is 0 Å². The van der Waals surface area contributed by atoms with Crippen molar-refractivity contribution in [2.75, 3.05) is 16.8 Å². The summed E-state index contributed by atoms with van der Waals surface area (Å²) < 4.78 is 0. The first kappa shape index (κ1) is 15.8. The summed E-state index contributed by atoms with van der Waals surface area (Å²) >= 11 is 7.08. The first-order chi connectivity index (χ1) is 8.99. The van der Waals surface area contributed by atoms with Crippen LogP contribution in [0.5, 0.6) is 0 Å². The molecule has 1 atom stereocenters. The van der Waals surface area contributed by atoms with Crippen molar-refractivity contribution < 1.29 is 14.7 Å². The third-order valence-electron chi connectivity index (χ3n) is 2.25. The number of carboxylic acids is 1. The number of nitrogens with one attached hydrogen (secondary N) is 1. The number of hydrogen-bond acceptors (Lipinski definition) is 4. The molecule has 19 heavy (non-hydrogen) atoms. The molecule has 0 saturated heterocycles. The van der Waals surface area contributed by atoms with Gasteiger partial charge < -0.3 is 16.2 Å². The second-order valence-electron chi connectivity index (χ2n) is 3.84. The van der Waals surface area contributed by atoms with E-state index in [1.54, 1.807) is 24.3 Å². The van der Waals surface area contributed by atoms with E-state index >= 15 is 0 Å². The molecule has 5 nitrogen and oxygen atoms in total. The number of carbonyl (C=O) groups excluding carboxylic acids is 1. The van der Waals surface area contributed by atoms with Gasteiger partial charge in [0, 0.05) is 10.7 Å². The number of rotatable bonds is 7. The number of carbonyl (C=O) groups is 2. The zero-order valence-corrected chi connectivity index (χ0v) is 11.7. The summed E-state index contributed by atoms with van der Waals surface area (Å²) in [6, 6.07) is 5.94. The molecule has 0 aliphatic carbocycles. The van der Waals surface area contributed by atoms with Gasteiger partial charge in [-0.2, -0.15) is 11.8 Å². The Morgan fingerprint density at radius 1 is 1.37 bits per heavy atom. The second-order valence-corrected chi connectivity index (χ2v) is 5.38. The molecule has 1 aromatic rings. The highest BCUT2D eigenvalue weighted by Gasteiger charge is 2.11. The normalized spacial score (nSPS) is 11.9. The van der Waals surface area contributed by atoms with Crippen LogP contribution in [-0.4, -0.2) is 34.5 Å². The largest absolute Gasteiger partial charge is 0.480 e. The molecule has 0 aromatic heterocycles. The highest BCUT2D eigenvalue weighted by molar-refractivity contribution is 7.99. The van der Waals surface area contributed by atoms with E-state index in [-0.39, 0.29) is 11.7 Å². The Kier molecular flexibility index (Phi) is 6.69. The summed E-state index contributed by atoms with van der Waals surface area (Å²) in [7, 11) is 0. The van der Waals surface area contributed by atoms with Crippen molar-refractivity contribution in [2.45, 2.75) is 12.5 Å². The Bertz CT molecular complexity index is 439. The monoisotopic (exact) mass is 302 g/mol. The standard InChI is InChI=1S/C12H15ClN2O3S/c13-8-1-3-9(4-2-8)15-11(16)7-19-6-5-10(14)12(17)18/h1-4,10H,5-7,14H2,(H,15,16)(H,17,18). The first-order valence-electron chi connectivity index (χ1n) is 5.60. The van der Waals surface area contributed by atoms with Crippen LogP contribution in [0.15, 0.2) is 24.3 Å². The predicted molar refractivity (Wildman–Crippen MR) is 77.6 cm³/mol. The zero-order chi connectivity index (χ0) is 14.3. The number of halogens is 1. The summed E-state index contributed by atoms with van der Waals surface area (Å²) in [5.41, 5.74) is 6.02. The molecule has 0 heterocycles. The summed E-state index contributed by atoms with van der Waals surface area (Å²) in [6.45, 7) is 0. The van der Waals surface area contributed by atoms with E-state index in [1.165, 1.54) is 11.8 Å². The number of carboxylic acid groups (broad SMARTS) is 1. The SMILES string of the molecule is NC(CCSCC(=O)Nc1ccc(Cl)cc1)C(=O)O. The average Bonchev–Trinajstić information content (AvgIpc) is 2.37. The maximum absolute atomic E-state index is 11.6. The van der Waals surface area contributed by atoms with E-state index in [0.717, 1.165) is 0 Å². The van der Waals surface area contributed by atoms with E-state index in [1.807, 2.05) is 0 Å². The maximum Gasteiger partial charge on any atom is 0.320 e. The Labute approximate surface area is 120 Å². The molecular weight excluding hydrogens is 288 g/mol. The third-order valence-corrected chi connectivity index (χ3v) is 3.49. The molecule has 1 unspecified atom stereocenters. The molecule has 104 valence electrons. The molecule has 0 aliphatic heterocycles. The molecule has 0 fully saturated rings. The number of benzene rings is 1. The predicted octanol–water partition coefficient (Wildman–Crippen LogP) is 1.81. The number of aliphatic carboxylic acids is 1. The van der Waals surface area contributed by atoms with Crippen molar-refractivity contribution in [1.29, 1.82) is 0 Å². The minimum atomic E-state index is -1.02. The van der Waals surface area contributed by atoms with E-state index in [4.69, 9.17) is 22.4 Å². The Morgan fingerprint density at radius 3 is 2.58 bits per heavy atom. The summed E-state index contributed by atoms with van der Waals surface area (Å²) in [4.78, 5) is 22.0. The third kappa shape index (κ3) is 6.47. The van der Waals surface area contributed by atoms with Crippen molar-refractivity contribution in [3.05, 3.63) is 29.3 Å². The molecule has 7 heteroatoms. The van der Waals surface area contributed by atoms with Crippen LogP contribution >= 0.6 is 23.4 Å². The number of amides is 1. The Balaban J connectivity index is 2.21. The summed E-state index contributed by atoms with van der Waals surface area (Å²) in [5.74, 6) is -0.376. The van der Waals surface area contributed by atoms with Gasteiger partial charge in [-0.25, -0.2) is 0 Å². The van der Waals surface area contributed by atoms with E-state index < -0.39 is 12.0 Å². The first-order valence-corrected chi connectivity index (χ1v) is 7.14. The van der Waals surface area contributed by atoms with Crippen molar-refractivity contribution in [3.63, 3.8) is 0 Å². The summed E-state index contributed by atoms with van der Waals surface area (Å²) in [5, 5.41) is 11.9. The lowest BCUT2D eigenvalue weighted by atomic mass is 10.2. The molecule has 0 saturated carbocycles. The van der Waals surface area contributed by atoms with E-state index in [0.29, 0.717) is 22.9 Å². The molecule has 0 bridgehead atoms. The Hall–Kier alpha value is -1.24. The Morgan fingerprint density at radius 2 is 2.00 bits per heavy atom. The van der Waals surface area contributed by atoms with Gasteiger partial charge in [-0.05, 0) is 36.4 Å². The fourth-order valence-corrected chi connectivity index (χ4v) is 2.18. The van der Waals surface area contributed by atoms with Gasteiger partial charge in [-0.1, -0.05) is 11.6 Å². The molecule has 0 aliphatic rings. The van der Waals surface area contributed by atoms with Gasteiger partial charge >= 0.3 is 5.97 Å². The number of anilines is 1. The topological polar surface area (TPSA) is 92.4 Å². The maximum atomic E-state index is 11.6. The molecule has 4 N–H and O–H groups in total. The van der Waals surface area contributed by atoms with E-state index in [2.05, 4.69) is 5.32 Å². The van der Waals surface area contributed by atoms with Crippen LogP contribution in [0.3, 0.4) is 0 Å². The van der Waals surface area contributed by atoms with Crippen LogP contribution in [0.4, 0.5) is 5.69 Å². The van der Waals surface area contributed by atoms with Crippen LogP contribution in [0, 0.1) is 0 Å². The molecule has 0 spiro atoms. The smallest absolute Gasteiger partial charge is 0.320 e. The molecule has 1 rings (SSSR count). The molecule has 1 aromatic carbocycles. The minimum Gasteiger partial charge on any atom is -0.480 e. The van der Waals surface area contributed by atoms with Gasteiger partial charge in [0.05, 0.1) is 5.75 Å². The van der Waals surface area contributed by atoms with Gasteiger partial charge in [0.25, 0.3) is 0 Å². The van der Waals surface area contributed by atoms with Crippen molar-refractivity contribution >= 4 is 40.9 Å². The van der Waals surface area contributed by atoms with Crippen LogP contribution < -0.4 is 11.1 Å². The van der Waals surface area contributed by atoms with Gasteiger partial charge in [-0.15, -0.1) is 0 Å². The fraction of sp³-hybridized carbons (Fsp3) is 0.333. The number of hydrogen-bond donors (Lipinski definition) is 3. The lowest BCUT2D eigenvalue weighted by molar-refractivity contribution is -0.138. The van der Waals surface area contributed by atoms with Crippen LogP contribution in [-0.2, 0) is 9.59 Å². The zero-order valence-electron chi connectivity index (χ0n) is 10.1. The fourth-order valence-electron chi connectivity index (χ4n) is 1.23.